The van der Waals surface area contributed by atoms with Crippen LogP contribution in [0.15, 0.2) is 39.0 Å². The van der Waals surface area contributed by atoms with Gasteiger partial charge in [0.2, 0.25) is 0 Å². The highest BCUT2D eigenvalue weighted by atomic mass is 32.2. The lowest BCUT2D eigenvalue weighted by Gasteiger charge is -2.00. The molecule has 0 aliphatic heterocycles. The summed E-state index contributed by atoms with van der Waals surface area (Å²) in [6, 6.07) is 3.60. The van der Waals surface area contributed by atoms with Crippen molar-refractivity contribution in [2.24, 2.45) is 0 Å². The Hall–Kier alpha value is -2.35. The molecule has 2 aromatic rings. The second-order valence-electron chi connectivity index (χ2n) is 3.77. The fourth-order valence-corrected chi connectivity index (χ4v) is 2.19. The second-order valence-corrected chi connectivity index (χ2v) is 4.79. The third kappa shape index (κ3) is 3.60. The Labute approximate surface area is 122 Å². The molecule has 0 spiro atoms. The monoisotopic (exact) mass is 311 g/mol. The van der Waals surface area contributed by atoms with Gasteiger partial charge in [-0.2, -0.15) is 4.98 Å². The van der Waals surface area contributed by atoms with Crippen molar-refractivity contribution in [2.75, 3.05) is 6.61 Å². The zero-order valence-electron chi connectivity index (χ0n) is 10.8. The lowest BCUT2D eigenvalue weighted by Crippen LogP contribution is -2.04. The largest absolute Gasteiger partial charge is 0.478 e. The normalized spacial score (nSPS) is 10.4. The molecule has 0 amide bonds. The molecular weight excluding hydrogens is 301 g/mol. The number of benzene rings is 1. The highest BCUT2D eigenvalue weighted by Crippen LogP contribution is 2.28. The summed E-state index contributed by atoms with van der Waals surface area (Å²) in [5, 5.41) is 8.97. The summed E-state index contributed by atoms with van der Waals surface area (Å²) in [6.45, 7) is 1.88. The van der Waals surface area contributed by atoms with Gasteiger partial charge in [0, 0.05) is 4.90 Å². The Bertz CT molecular complexity index is 685. The molecule has 0 atom stereocenters. The van der Waals surface area contributed by atoms with Crippen molar-refractivity contribution in [2.45, 2.75) is 17.0 Å². The van der Waals surface area contributed by atoms with E-state index < -0.39 is 23.3 Å². The molecule has 0 saturated heterocycles. The van der Waals surface area contributed by atoms with Crippen molar-refractivity contribution in [3.8, 4) is 0 Å². The van der Waals surface area contributed by atoms with E-state index in [4.69, 9.17) is 14.3 Å². The van der Waals surface area contributed by atoms with Gasteiger partial charge in [0.25, 0.3) is 5.22 Å². The van der Waals surface area contributed by atoms with Crippen molar-refractivity contribution in [1.82, 2.24) is 4.98 Å². The number of carboxylic acids is 1. The maximum absolute atomic E-state index is 13.3. The van der Waals surface area contributed by atoms with E-state index in [1.807, 2.05) is 0 Å². The number of nitrogens with zero attached hydrogens (tertiary/aromatic N) is 1. The van der Waals surface area contributed by atoms with Crippen molar-refractivity contribution in [1.29, 1.82) is 0 Å². The maximum Gasteiger partial charge on any atom is 0.360 e. The summed E-state index contributed by atoms with van der Waals surface area (Å²) in [5.74, 6) is -2.81. The summed E-state index contributed by atoms with van der Waals surface area (Å²) in [6.07, 6.45) is 1.14. The van der Waals surface area contributed by atoms with Gasteiger partial charge in [-0.3, -0.25) is 0 Å². The Balaban J connectivity index is 2.17. The summed E-state index contributed by atoms with van der Waals surface area (Å²) in [4.78, 5) is 26.6. The second kappa shape index (κ2) is 6.40. The summed E-state index contributed by atoms with van der Waals surface area (Å²) in [5.41, 5.74) is -0.433. The number of halogens is 1. The van der Waals surface area contributed by atoms with Gasteiger partial charge in [-0.1, -0.05) is 0 Å². The minimum absolute atomic E-state index is 0.0138. The van der Waals surface area contributed by atoms with Crippen LogP contribution >= 0.6 is 11.8 Å². The van der Waals surface area contributed by atoms with E-state index in [1.165, 1.54) is 6.07 Å². The lowest BCUT2D eigenvalue weighted by molar-refractivity contribution is 0.0518. The predicted octanol–water partition coefficient (Wildman–Crippen LogP) is 2.84. The van der Waals surface area contributed by atoms with E-state index in [0.717, 1.165) is 30.2 Å². The molecule has 0 aliphatic rings. The number of oxazole rings is 1. The molecule has 0 radical (unpaired) electrons. The fraction of sp³-hybridized carbons (Fsp3) is 0.154. The van der Waals surface area contributed by atoms with Crippen LogP contribution in [0, 0.1) is 5.82 Å². The van der Waals surface area contributed by atoms with Crippen LogP contribution in [0.2, 0.25) is 0 Å². The van der Waals surface area contributed by atoms with Gasteiger partial charge in [-0.25, -0.2) is 14.0 Å². The van der Waals surface area contributed by atoms with Gasteiger partial charge in [-0.15, -0.1) is 0 Å². The van der Waals surface area contributed by atoms with E-state index in [9.17, 15) is 14.0 Å². The zero-order chi connectivity index (χ0) is 15.4. The highest BCUT2D eigenvalue weighted by Gasteiger charge is 2.16. The van der Waals surface area contributed by atoms with Crippen LogP contribution in [-0.4, -0.2) is 28.6 Å². The van der Waals surface area contributed by atoms with Crippen LogP contribution in [0.25, 0.3) is 0 Å². The van der Waals surface area contributed by atoms with Gasteiger partial charge < -0.3 is 14.3 Å². The summed E-state index contributed by atoms with van der Waals surface area (Å²) >= 11 is 0.969. The minimum atomic E-state index is -1.37. The molecule has 6 nitrogen and oxygen atoms in total. The number of aromatic nitrogens is 1. The molecule has 8 heteroatoms. The first kappa shape index (κ1) is 15.0. The van der Waals surface area contributed by atoms with Gasteiger partial charge in [0.15, 0.2) is 5.69 Å². The summed E-state index contributed by atoms with van der Waals surface area (Å²) < 4.78 is 23.1. The van der Waals surface area contributed by atoms with Crippen molar-refractivity contribution < 1.29 is 28.2 Å². The molecule has 0 bridgehead atoms. The molecule has 1 aromatic carbocycles. The SMILES string of the molecule is CCOC(=O)c1coc(Sc2ccc(F)c(C(=O)O)c2)n1. The van der Waals surface area contributed by atoms with Crippen molar-refractivity contribution in [3.05, 3.63) is 41.5 Å². The summed E-state index contributed by atoms with van der Waals surface area (Å²) in [7, 11) is 0. The molecule has 1 N–H and O–H groups in total. The number of carbonyl (C=O) groups is 2. The van der Waals surface area contributed by atoms with Crippen LogP contribution in [0.4, 0.5) is 4.39 Å². The first-order valence-electron chi connectivity index (χ1n) is 5.84. The van der Waals surface area contributed by atoms with E-state index in [2.05, 4.69) is 4.98 Å². The topological polar surface area (TPSA) is 89.6 Å². The van der Waals surface area contributed by atoms with E-state index in [1.54, 1.807) is 6.92 Å². The smallest absolute Gasteiger partial charge is 0.360 e. The average molecular weight is 311 g/mol. The number of hydrogen-bond acceptors (Lipinski definition) is 6. The van der Waals surface area contributed by atoms with Gasteiger partial charge in [-0.05, 0) is 36.9 Å². The maximum atomic E-state index is 13.3. The van der Waals surface area contributed by atoms with Gasteiger partial charge >= 0.3 is 11.9 Å². The van der Waals surface area contributed by atoms with Crippen molar-refractivity contribution >= 4 is 23.7 Å². The lowest BCUT2D eigenvalue weighted by atomic mass is 10.2. The Morgan fingerprint density at radius 2 is 2.24 bits per heavy atom. The average Bonchev–Trinajstić information content (AvgIpc) is 2.89. The van der Waals surface area contributed by atoms with E-state index >= 15 is 0 Å². The van der Waals surface area contributed by atoms with Crippen molar-refractivity contribution in [3.63, 3.8) is 0 Å². The number of esters is 1. The van der Waals surface area contributed by atoms with Crippen LogP contribution < -0.4 is 0 Å². The van der Waals surface area contributed by atoms with Crippen LogP contribution in [0.1, 0.15) is 27.8 Å². The molecule has 0 unspecified atom stereocenters. The molecule has 0 saturated carbocycles. The highest BCUT2D eigenvalue weighted by molar-refractivity contribution is 7.99. The standard InChI is InChI=1S/C13H10FNO5S/c1-2-19-12(18)10-6-20-13(15-10)21-7-3-4-9(14)8(5-7)11(16)17/h3-6H,2H2,1H3,(H,16,17). The number of hydrogen-bond donors (Lipinski definition) is 1. The Morgan fingerprint density at radius 3 is 2.90 bits per heavy atom. The molecule has 0 fully saturated rings. The molecule has 1 heterocycles. The number of aromatic carboxylic acids is 1. The van der Waals surface area contributed by atoms with Crippen LogP contribution in [-0.2, 0) is 4.74 Å². The van der Waals surface area contributed by atoms with E-state index in [-0.39, 0.29) is 17.5 Å². The minimum Gasteiger partial charge on any atom is -0.478 e. The number of rotatable bonds is 5. The third-order valence-electron chi connectivity index (χ3n) is 2.34. The molecule has 110 valence electrons. The number of ether oxygens (including phenoxy) is 1. The molecule has 1 aromatic heterocycles. The van der Waals surface area contributed by atoms with Crippen LogP contribution in [0.3, 0.4) is 0 Å². The Kier molecular flexibility index (Phi) is 4.59. The molecule has 21 heavy (non-hydrogen) atoms. The quantitative estimate of drug-likeness (QED) is 0.849. The number of carboxylic acid groups (broad SMARTS) is 1. The Morgan fingerprint density at radius 1 is 1.48 bits per heavy atom. The van der Waals surface area contributed by atoms with Gasteiger partial charge in [0.05, 0.1) is 12.2 Å². The van der Waals surface area contributed by atoms with Crippen LogP contribution in [0.5, 0.6) is 0 Å². The van der Waals surface area contributed by atoms with E-state index in [0.29, 0.717) is 4.90 Å². The van der Waals surface area contributed by atoms with Gasteiger partial charge in [0.1, 0.15) is 12.1 Å². The number of carbonyl (C=O) groups excluding carboxylic acids is 1. The molecule has 0 aliphatic carbocycles. The first-order valence-corrected chi connectivity index (χ1v) is 6.66. The fourth-order valence-electron chi connectivity index (χ4n) is 1.44. The molecular formula is C13H10FNO5S. The predicted molar refractivity (Wildman–Crippen MR) is 69.9 cm³/mol. The zero-order valence-corrected chi connectivity index (χ0v) is 11.6. The third-order valence-corrected chi connectivity index (χ3v) is 3.19. The first-order chi connectivity index (χ1) is 10.0. The molecule has 2 rings (SSSR count).